The van der Waals surface area contributed by atoms with Gasteiger partial charge in [-0.2, -0.15) is 5.10 Å². The van der Waals surface area contributed by atoms with Gasteiger partial charge in [0.25, 0.3) is 0 Å². The molecule has 0 aliphatic rings. The summed E-state index contributed by atoms with van der Waals surface area (Å²) < 4.78 is 6.62. The molecule has 1 heterocycles. The van der Waals surface area contributed by atoms with Crippen molar-refractivity contribution in [1.29, 1.82) is 0 Å². The summed E-state index contributed by atoms with van der Waals surface area (Å²) in [4.78, 5) is 11.1. The fraction of sp³-hybridized carbons (Fsp3) is 0.167. The van der Waals surface area contributed by atoms with Crippen LogP contribution in [0.5, 0.6) is 5.88 Å². The van der Waals surface area contributed by atoms with Gasteiger partial charge in [0, 0.05) is 7.05 Å². The molecule has 17 heavy (non-hydrogen) atoms. The summed E-state index contributed by atoms with van der Waals surface area (Å²) in [6, 6.07) is 9.20. The zero-order valence-corrected chi connectivity index (χ0v) is 9.54. The van der Waals surface area contributed by atoms with E-state index in [0.717, 1.165) is 5.56 Å². The second-order valence-electron chi connectivity index (χ2n) is 3.53. The Kier molecular flexibility index (Phi) is 2.82. The number of aromatic carboxylic acids is 1. The van der Waals surface area contributed by atoms with Gasteiger partial charge in [-0.1, -0.05) is 30.3 Å². The first-order valence-corrected chi connectivity index (χ1v) is 5.05. The average Bonchev–Trinajstić information content (AvgIpc) is 2.67. The minimum Gasteiger partial charge on any atom is -0.481 e. The third-order valence-corrected chi connectivity index (χ3v) is 2.45. The Bertz CT molecular complexity index is 546. The largest absolute Gasteiger partial charge is 0.481 e. The molecule has 0 spiro atoms. The molecule has 88 valence electrons. The van der Waals surface area contributed by atoms with Crippen LogP contribution in [0, 0.1) is 0 Å². The molecule has 0 bridgehead atoms. The summed E-state index contributed by atoms with van der Waals surface area (Å²) in [7, 11) is 3.15. The van der Waals surface area contributed by atoms with Crippen molar-refractivity contribution in [3.05, 3.63) is 36.0 Å². The number of benzene rings is 1. The quantitative estimate of drug-likeness (QED) is 0.876. The molecule has 0 saturated carbocycles. The number of hydrogen-bond donors (Lipinski definition) is 1. The van der Waals surface area contributed by atoms with Gasteiger partial charge in [-0.25, -0.2) is 9.48 Å². The molecular weight excluding hydrogens is 220 g/mol. The van der Waals surface area contributed by atoms with Crippen LogP contribution in [-0.2, 0) is 7.05 Å². The summed E-state index contributed by atoms with van der Waals surface area (Å²) >= 11 is 0. The maximum Gasteiger partial charge on any atom is 0.357 e. The van der Waals surface area contributed by atoms with Crippen LogP contribution in [-0.4, -0.2) is 28.0 Å². The van der Waals surface area contributed by atoms with Gasteiger partial charge >= 0.3 is 5.97 Å². The van der Waals surface area contributed by atoms with Gasteiger partial charge in [0.2, 0.25) is 5.88 Å². The minimum atomic E-state index is -1.07. The highest BCUT2D eigenvalue weighted by Crippen LogP contribution is 2.32. The molecule has 0 amide bonds. The molecule has 0 radical (unpaired) electrons. The van der Waals surface area contributed by atoms with Crippen LogP contribution < -0.4 is 4.74 Å². The number of methoxy groups -OCH3 is 1. The predicted molar refractivity (Wildman–Crippen MR) is 62.2 cm³/mol. The average molecular weight is 232 g/mol. The third kappa shape index (κ3) is 1.87. The number of ether oxygens (including phenoxy) is 1. The maximum absolute atomic E-state index is 11.1. The second kappa shape index (κ2) is 4.29. The summed E-state index contributed by atoms with van der Waals surface area (Å²) in [5.74, 6) is -0.628. The topological polar surface area (TPSA) is 64.3 Å². The first kappa shape index (κ1) is 11.2. The number of aryl methyl sites for hydroxylation is 1. The molecule has 5 heteroatoms. The van der Waals surface area contributed by atoms with Crippen molar-refractivity contribution in [3.63, 3.8) is 0 Å². The number of rotatable bonds is 3. The standard InChI is InChI=1S/C12H12N2O3/c1-14-11(17-2)9(10(13-14)12(15)16)8-6-4-3-5-7-8/h3-7H,1-2H3,(H,15,16). The van der Waals surface area contributed by atoms with Crippen molar-refractivity contribution < 1.29 is 14.6 Å². The number of carboxylic acids is 1. The number of nitrogens with zero attached hydrogens (tertiary/aromatic N) is 2. The van der Waals surface area contributed by atoms with Crippen molar-refractivity contribution in [1.82, 2.24) is 9.78 Å². The molecule has 0 aliphatic carbocycles. The van der Waals surface area contributed by atoms with Crippen LogP contribution in [0.1, 0.15) is 10.5 Å². The highest BCUT2D eigenvalue weighted by atomic mass is 16.5. The highest BCUT2D eigenvalue weighted by Gasteiger charge is 2.23. The lowest BCUT2D eigenvalue weighted by Crippen LogP contribution is -2.00. The first-order chi connectivity index (χ1) is 8.15. The van der Waals surface area contributed by atoms with Gasteiger partial charge in [0.1, 0.15) is 0 Å². The van der Waals surface area contributed by atoms with Gasteiger partial charge < -0.3 is 9.84 Å². The number of carboxylic acid groups (broad SMARTS) is 1. The Morgan fingerprint density at radius 1 is 1.35 bits per heavy atom. The summed E-state index contributed by atoms with van der Waals surface area (Å²) in [5.41, 5.74) is 1.27. The van der Waals surface area contributed by atoms with E-state index in [9.17, 15) is 4.79 Å². The van der Waals surface area contributed by atoms with Crippen LogP contribution in [0.15, 0.2) is 30.3 Å². The molecule has 0 unspecified atom stereocenters. The van der Waals surface area contributed by atoms with E-state index in [1.54, 1.807) is 7.05 Å². The van der Waals surface area contributed by atoms with E-state index >= 15 is 0 Å². The van der Waals surface area contributed by atoms with Crippen LogP contribution >= 0.6 is 0 Å². The summed E-state index contributed by atoms with van der Waals surface area (Å²) in [6.07, 6.45) is 0. The molecule has 2 rings (SSSR count). The van der Waals surface area contributed by atoms with Crippen molar-refractivity contribution in [2.24, 2.45) is 7.05 Å². The summed E-state index contributed by atoms with van der Waals surface area (Å²) in [6.45, 7) is 0. The van der Waals surface area contributed by atoms with Gasteiger partial charge in [-0.15, -0.1) is 0 Å². The lowest BCUT2D eigenvalue weighted by atomic mass is 10.1. The Balaban J connectivity index is 2.70. The van der Waals surface area contributed by atoms with Crippen LogP contribution in [0.25, 0.3) is 11.1 Å². The Morgan fingerprint density at radius 2 is 2.00 bits per heavy atom. The molecule has 1 aromatic carbocycles. The fourth-order valence-electron chi connectivity index (χ4n) is 1.76. The normalized spacial score (nSPS) is 10.2. The van der Waals surface area contributed by atoms with Gasteiger partial charge in [0.05, 0.1) is 12.7 Å². The lowest BCUT2D eigenvalue weighted by molar-refractivity contribution is 0.0690. The molecule has 0 fully saturated rings. The smallest absolute Gasteiger partial charge is 0.357 e. The van der Waals surface area contributed by atoms with Crippen molar-refractivity contribution in [2.45, 2.75) is 0 Å². The van der Waals surface area contributed by atoms with Crippen molar-refractivity contribution >= 4 is 5.97 Å². The molecular formula is C12H12N2O3. The highest BCUT2D eigenvalue weighted by molar-refractivity contribution is 5.95. The lowest BCUT2D eigenvalue weighted by Gasteiger charge is -2.04. The van der Waals surface area contributed by atoms with E-state index in [1.807, 2.05) is 30.3 Å². The van der Waals surface area contributed by atoms with Crippen LogP contribution in [0.2, 0.25) is 0 Å². The molecule has 1 N–H and O–H groups in total. The molecule has 2 aromatic rings. The van der Waals surface area contributed by atoms with E-state index in [2.05, 4.69) is 5.10 Å². The third-order valence-electron chi connectivity index (χ3n) is 2.45. The van der Waals surface area contributed by atoms with Crippen molar-refractivity contribution in [3.8, 4) is 17.0 Å². The maximum atomic E-state index is 11.1. The van der Waals surface area contributed by atoms with E-state index in [4.69, 9.17) is 9.84 Å². The second-order valence-corrected chi connectivity index (χ2v) is 3.53. The number of carbonyl (C=O) groups is 1. The van der Waals surface area contributed by atoms with Crippen LogP contribution in [0.4, 0.5) is 0 Å². The summed E-state index contributed by atoms with van der Waals surface area (Å²) in [5, 5.41) is 13.1. The van der Waals surface area contributed by atoms with E-state index in [1.165, 1.54) is 11.8 Å². The number of hydrogen-bond acceptors (Lipinski definition) is 3. The SMILES string of the molecule is COc1c(-c2ccccc2)c(C(=O)O)nn1C. The molecule has 5 nitrogen and oxygen atoms in total. The predicted octanol–water partition coefficient (Wildman–Crippen LogP) is 1.79. The Morgan fingerprint density at radius 3 is 2.53 bits per heavy atom. The minimum absolute atomic E-state index is 0.00412. The van der Waals surface area contributed by atoms with Crippen molar-refractivity contribution in [2.75, 3.05) is 7.11 Å². The van der Waals surface area contributed by atoms with Gasteiger partial charge in [-0.05, 0) is 5.56 Å². The first-order valence-electron chi connectivity index (χ1n) is 5.05. The Hall–Kier alpha value is -2.30. The number of aromatic nitrogens is 2. The zero-order chi connectivity index (χ0) is 12.4. The molecule has 1 aromatic heterocycles. The zero-order valence-electron chi connectivity index (χ0n) is 9.54. The fourth-order valence-corrected chi connectivity index (χ4v) is 1.76. The molecule has 0 saturated heterocycles. The molecule has 0 atom stereocenters. The van der Waals surface area contributed by atoms with E-state index in [-0.39, 0.29) is 5.69 Å². The van der Waals surface area contributed by atoms with Crippen LogP contribution in [0.3, 0.4) is 0 Å². The van der Waals surface area contributed by atoms with E-state index < -0.39 is 5.97 Å². The van der Waals surface area contributed by atoms with E-state index in [0.29, 0.717) is 11.4 Å². The molecule has 0 aliphatic heterocycles. The monoisotopic (exact) mass is 232 g/mol. The Labute approximate surface area is 98.3 Å². The van der Waals surface area contributed by atoms with Gasteiger partial charge in [-0.3, -0.25) is 0 Å². The van der Waals surface area contributed by atoms with Gasteiger partial charge in [0.15, 0.2) is 5.69 Å².